The van der Waals surface area contributed by atoms with Crippen LogP contribution in [0.15, 0.2) is 23.1 Å². The highest BCUT2D eigenvalue weighted by molar-refractivity contribution is 7.89. The third-order valence-electron chi connectivity index (χ3n) is 2.96. The van der Waals surface area contributed by atoms with Crippen LogP contribution in [0.3, 0.4) is 0 Å². The van der Waals surface area contributed by atoms with Crippen LogP contribution in [0.2, 0.25) is 0 Å². The number of carboxylic acid groups (broad SMARTS) is 1. The minimum atomic E-state index is -4.24. The number of sulfonamides is 1. The van der Waals surface area contributed by atoms with Crippen molar-refractivity contribution in [2.75, 3.05) is 0 Å². The number of aliphatic carboxylic acids is 1. The molecule has 0 heterocycles. The van der Waals surface area contributed by atoms with E-state index in [4.69, 9.17) is 0 Å². The molecule has 0 fully saturated rings. The number of benzene rings is 1. The third kappa shape index (κ3) is 3.55. The molecule has 0 bridgehead atoms. The maximum atomic E-state index is 13.7. The van der Waals surface area contributed by atoms with Crippen LogP contribution in [0.5, 0.6) is 0 Å². The predicted molar refractivity (Wildman–Crippen MR) is 72.4 cm³/mol. The molecular weight excluding hydrogens is 285 g/mol. The number of halogens is 1. The molecule has 0 aliphatic heterocycles. The largest absolute Gasteiger partial charge is 0.480 e. The molecule has 112 valence electrons. The van der Waals surface area contributed by atoms with Gasteiger partial charge in [-0.15, -0.1) is 0 Å². The summed E-state index contributed by atoms with van der Waals surface area (Å²) in [5.41, 5.74) is -1.09. The first-order valence-electron chi connectivity index (χ1n) is 6.16. The average Bonchev–Trinajstić information content (AvgIpc) is 2.31. The Kier molecular flexibility index (Phi) is 4.88. The van der Waals surface area contributed by atoms with Gasteiger partial charge in [-0.3, -0.25) is 4.79 Å². The van der Waals surface area contributed by atoms with Crippen LogP contribution in [0, 0.1) is 12.7 Å². The highest BCUT2D eigenvalue weighted by atomic mass is 32.2. The van der Waals surface area contributed by atoms with Crippen molar-refractivity contribution in [1.29, 1.82) is 0 Å². The van der Waals surface area contributed by atoms with Gasteiger partial charge in [-0.1, -0.05) is 19.4 Å². The van der Waals surface area contributed by atoms with Crippen LogP contribution in [0.4, 0.5) is 4.39 Å². The van der Waals surface area contributed by atoms with Gasteiger partial charge in [0.15, 0.2) is 0 Å². The molecule has 20 heavy (non-hydrogen) atoms. The summed E-state index contributed by atoms with van der Waals surface area (Å²) >= 11 is 0. The van der Waals surface area contributed by atoms with Gasteiger partial charge in [0.25, 0.3) is 0 Å². The second kappa shape index (κ2) is 5.88. The highest BCUT2D eigenvalue weighted by Gasteiger charge is 2.37. The maximum Gasteiger partial charge on any atom is 0.324 e. The fourth-order valence-electron chi connectivity index (χ4n) is 1.87. The standard InChI is InChI=1S/C13H18FNO4S/c1-4-7-13(3,12(16)17)15-20(18,19)11-8-9(2)5-6-10(11)14/h5-6,8,15H,4,7H2,1-3H3,(H,16,17). The first-order valence-corrected chi connectivity index (χ1v) is 7.64. The van der Waals surface area contributed by atoms with E-state index >= 15 is 0 Å². The summed E-state index contributed by atoms with van der Waals surface area (Å²) in [7, 11) is -4.24. The lowest BCUT2D eigenvalue weighted by Gasteiger charge is -2.25. The number of hydrogen-bond acceptors (Lipinski definition) is 3. The van der Waals surface area contributed by atoms with E-state index in [0.717, 1.165) is 6.07 Å². The van der Waals surface area contributed by atoms with Crippen LogP contribution in [0.1, 0.15) is 32.3 Å². The Hall–Kier alpha value is -1.47. The molecule has 0 saturated heterocycles. The van der Waals surface area contributed by atoms with E-state index in [1.165, 1.54) is 19.1 Å². The highest BCUT2D eigenvalue weighted by Crippen LogP contribution is 2.21. The molecule has 1 atom stereocenters. The van der Waals surface area contributed by atoms with Crippen molar-refractivity contribution in [2.24, 2.45) is 0 Å². The smallest absolute Gasteiger partial charge is 0.324 e. The zero-order valence-electron chi connectivity index (χ0n) is 11.6. The predicted octanol–water partition coefficient (Wildman–Crippen LogP) is 2.06. The molecule has 0 saturated carbocycles. The minimum Gasteiger partial charge on any atom is -0.480 e. The summed E-state index contributed by atoms with van der Waals surface area (Å²) < 4.78 is 40.1. The lowest BCUT2D eigenvalue weighted by atomic mass is 9.98. The lowest BCUT2D eigenvalue weighted by molar-refractivity contribution is -0.143. The summed E-state index contributed by atoms with van der Waals surface area (Å²) in [6.45, 7) is 4.63. The van der Waals surface area contributed by atoms with E-state index in [2.05, 4.69) is 4.72 Å². The molecule has 0 amide bonds. The van der Waals surface area contributed by atoms with E-state index < -0.39 is 32.2 Å². The summed E-state index contributed by atoms with van der Waals surface area (Å²) in [4.78, 5) is 10.7. The van der Waals surface area contributed by atoms with Crippen LogP contribution < -0.4 is 4.72 Å². The lowest BCUT2D eigenvalue weighted by Crippen LogP contribution is -2.52. The topological polar surface area (TPSA) is 83.5 Å². The van der Waals surface area contributed by atoms with Gasteiger partial charge in [-0.25, -0.2) is 12.8 Å². The number of carboxylic acids is 1. The van der Waals surface area contributed by atoms with Gasteiger partial charge < -0.3 is 5.11 Å². The van der Waals surface area contributed by atoms with Gasteiger partial charge in [0.2, 0.25) is 10.0 Å². The number of nitrogens with one attached hydrogen (secondary N) is 1. The second-order valence-electron chi connectivity index (χ2n) is 4.93. The third-order valence-corrected chi connectivity index (χ3v) is 4.57. The zero-order valence-corrected chi connectivity index (χ0v) is 12.4. The molecular formula is C13H18FNO4S. The molecule has 0 spiro atoms. The van der Waals surface area contributed by atoms with Crippen LogP contribution in [-0.4, -0.2) is 25.0 Å². The summed E-state index contributed by atoms with van der Waals surface area (Å²) in [5.74, 6) is -2.21. The fraction of sp³-hybridized carbons (Fsp3) is 0.462. The van der Waals surface area contributed by atoms with Gasteiger partial charge in [-0.2, -0.15) is 4.72 Å². The molecule has 5 nitrogen and oxygen atoms in total. The molecule has 0 radical (unpaired) electrons. The minimum absolute atomic E-state index is 0.106. The quantitative estimate of drug-likeness (QED) is 0.842. The van der Waals surface area contributed by atoms with Gasteiger partial charge in [0, 0.05) is 0 Å². The van der Waals surface area contributed by atoms with Crippen molar-refractivity contribution < 1.29 is 22.7 Å². The summed E-state index contributed by atoms with van der Waals surface area (Å²) in [6.07, 6.45) is 0.580. The van der Waals surface area contributed by atoms with Crippen LogP contribution in [0.25, 0.3) is 0 Å². The number of carbonyl (C=O) groups is 1. The normalized spacial score (nSPS) is 14.8. The molecule has 1 rings (SSSR count). The number of aryl methyl sites for hydroxylation is 1. The molecule has 2 N–H and O–H groups in total. The molecule has 0 aliphatic rings. The van der Waals surface area contributed by atoms with E-state index in [1.54, 1.807) is 13.8 Å². The van der Waals surface area contributed by atoms with Crippen molar-refractivity contribution >= 4 is 16.0 Å². The van der Waals surface area contributed by atoms with Gasteiger partial charge in [0.05, 0.1) is 0 Å². The van der Waals surface area contributed by atoms with E-state index in [-0.39, 0.29) is 6.42 Å². The number of rotatable bonds is 6. The maximum absolute atomic E-state index is 13.7. The first kappa shape index (κ1) is 16.6. The molecule has 1 aromatic carbocycles. The van der Waals surface area contributed by atoms with Crippen molar-refractivity contribution in [1.82, 2.24) is 4.72 Å². The van der Waals surface area contributed by atoms with Crippen molar-refractivity contribution in [3.63, 3.8) is 0 Å². The van der Waals surface area contributed by atoms with Gasteiger partial charge in [-0.05, 0) is 38.0 Å². The Labute approximate surface area is 117 Å². The molecule has 7 heteroatoms. The Morgan fingerprint density at radius 3 is 2.55 bits per heavy atom. The fourth-order valence-corrected chi connectivity index (χ4v) is 3.43. The zero-order chi connectivity index (χ0) is 15.6. The molecule has 0 aliphatic carbocycles. The monoisotopic (exact) mass is 303 g/mol. The van der Waals surface area contributed by atoms with Gasteiger partial charge in [0.1, 0.15) is 16.3 Å². The molecule has 0 aromatic heterocycles. The first-order chi connectivity index (χ1) is 9.12. The average molecular weight is 303 g/mol. The van der Waals surface area contributed by atoms with Crippen LogP contribution >= 0.6 is 0 Å². The van der Waals surface area contributed by atoms with Crippen molar-refractivity contribution in [3.05, 3.63) is 29.6 Å². The Morgan fingerprint density at radius 2 is 2.05 bits per heavy atom. The van der Waals surface area contributed by atoms with Gasteiger partial charge >= 0.3 is 5.97 Å². The van der Waals surface area contributed by atoms with Crippen molar-refractivity contribution in [3.8, 4) is 0 Å². The summed E-state index contributed by atoms with van der Waals surface area (Å²) in [6, 6.07) is 3.66. The van der Waals surface area contributed by atoms with E-state index in [0.29, 0.717) is 12.0 Å². The number of hydrogen-bond donors (Lipinski definition) is 2. The Balaban J connectivity index is 3.23. The second-order valence-corrected chi connectivity index (χ2v) is 6.58. The Morgan fingerprint density at radius 1 is 1.45 bits per heavy atom. The van der Waals surface area contributed by atoms with E-state index in [1.807, 2.05) is 0 Å². The van der Waals surface area contributed by atoms with E-state index in [9.17, 15) is 22.7 Å². The molecule has 1 aromatic rings. The summed E-state index contributed by atoms with van der Waals surface area (Å²) in [5, 5.41) is 9.18. The van der Waals surface area contributed by atoms with Crippen LogP contribution in [-0.2, 0) is 14.8 Å². The SMILES string of the molecule is CCCC(C)(NS(=O)(=O)c1cc(C)ccc1F)C(=O)O. The Bertz CT molecular complexity index is 615. The molecule has 1 unspecified atom stereocenters. The van der Waals surface area contributed by atoms with Crippen molar-refractivity contribution in [2.45, 2.75) is 44.0 Å².